The van der Waals surface area contributed by atoms with Gasteiger partial charge in [-0.3, -0.25) is 4.79 Å². The number of nitrogens with one attached hydrogen (secondary N) is 2. The van der Waals surface area contributed by atoms with Crippen LogP contribution in [0.25, 0.3) is 0 Å². The maximum absolute atomic E-state index is 12.8. The second kappa shape index (κ2) is 6.98. The number of rotatable bonds is 6. The van der Waals surface area contributed by atoms with Gasteiger partial charge in [0.2, 0.25) is 15.9 Å². The van der Waals surface area contributed by atoms with Gasteiger partial charge in [0.25, 0.3) is 0 Å². The highest BCUT2D eigenvalue weighted by molar-refractivity contribution is 7.89. The van der Waals surface area contributed by atoms with Crippen molar-refractivity contribution in [3.05, 3.63) is 59.7 Å². The van der Waals surface area contributed by atoms with Crippen molar-refractivity contribution >= 4 is 21.6 Å². The number of carbonyl (C=O) groups is 1. The Morgan fingerprint density at radius 2 is 1.64 bits per heavy atom. The minimum atomic E-state index is -3.63. The van der Waals surface area contributed by atoms with E-state index in [0.717, 1.165) is 24.0 Å². The van der Waals surface area contributed by atoms with Crippen LogP contribution in [0.3, 0.4) is 0 Å². The molecule has 1 aliphatic rings. The average Bonchev–Trinajstić information content (AvgIpc) is 3.38. The summed E-state index contributed by atoms with van der Waals surface area (Å²) in [6.45, 7) is 3.42. The molecule has 0 saturated heterocycles. The van der Waals surface area contributed by atoms with Crippen molar-refractivity contribution in [1.29, 1.82) is 0 Å². The molecule has 0 bridgehead atoms. The summed E-state index contributed by atoms with van der Waals surface area (Å²) in [4.78, 5) is 11.3. The minimum absolute atomic E-state index is 0.193. The Morgan fingerprint density at radius 1 is 1.04 bits per heavy atom. The van der Waals surface area contributed by atoms with Gasteiger partial charge in [0.1, 0.15) is 0 Å². The fourth-order valence-corrected chi connectivity index (χ4v) is 4.09. The molecule has 2 aromatic carbocycles. The fraction of sp³-hybridized carbons (Fsp3) is 0.316. The third-order valence-corrected chi connectivity index (χ3v) is 5.75. The molecule has 1 saturated carbocycles. The SMILES string of the molecule is CC(=O)Nc1ccc(S(=O)(=O)NC(c2ccc(C)cc2)C2CC2)cc1. The van der Waals surface area contributed by atoms with Crippen LogP contribution in [0.15, 0.2) is 53.4 Å². The third-order valence-electron chi connectivity index (χ3n) is 4.30. The zero-order valence-electron chi connectivity index (χ0n) is 14.3. The van der Waals surface area contributed by atoms with E-state index in [-0.39, 0.29) is 16.8 Å². The molecule has 0 radical (unpaired) electrons. The molecule has 1 unspecified atom stereocenters. The molecule has 1 fully saturated rings. The standard InChI is InChI=1S/C19H22N2O3S/c1-13-3-5-15(6-4-13)19(16-7-8-16)21-25(23,24)18-11-9-17(10-12-18)20-14(2)22/h3-6,9-12,16,19,21H,7-8H2,1-2H3,(H,20,22). The quantitative estimate of drug-likeness (QED) is 0.831. The zero-order chi connectivity index (χ0) is 18.0. The van der Waals surface area contributed by atoms with Crippen LogP contribution in [0.2, 0.25) is 0 Å². The van der Waals surface area contributed by atoms with E-state index in [4.69, 9.17) is 0 Å². The van der Waals surface area contributed by atoms with Crippen LogP contribution in [-0.2, 0) is 14.8 Å². The third kappa shape index (κ3) is 4.46. The highest BCUT2D eigenvalue weighted by Gasteiger charge is 2.35. The van der Waals surface area contributed by atoms with Crippen LogP contribution < -0.4 is 10.0 Å². The number of amides is 1. The highest BCUT2D eigenvalue weighted by atomic mass is 32.2. The van der Waals surface area contributed by atoms with Gasteiger partial charge >= 0.3 is 0 Å². The Labute approximate surface area is 148 Å². The van der Waals surface area contributed by atoms with Crippen molar-refractivity contribution in [2.45, 2.75) is 37.6 Å². The van der Waals surface area contributed by atoms with Gasteiger partial charge in [-0.2, -0.15) is 0 Å². The van der Waals surface area contributed by atoms with E-state index >= 15 is 0 Å². The first-order valence-electron chi connectivity index (χ1n) is 8.32. The summed E-state index contributed by atoms with van der Waals surface area (Å²) in [5.74, 6) is 0.151. The molecule has 2 N–H and O–H groups in total. The van der Waals surface area contributed by atoms with Gasteiger partial charge in [-0.25, -0.2) is 13.1 Å². The summed E-state index contributed by atoms with van der Waals surface area (Å²) in [6, 6.07) is 14.0. The summed E-state index contributed by atoms with van der Waals surface area (Å²) in [5, 5.41) is 2.63. The van der Waals surface area contributed by atoms with Gasteiger partial charge < -0.3 is 5.32 Å². The van der Waals surface area contributed by atoms with Gasteiger partial charge in [0.15, 0.2) is 0 Å². The normalized spacial score (nSPS) is 15.6. The fourth-order valence-electron chi connectivity index (χ4n) is 2.80. The monoisotopic (exact) mass is 358 g/mol. The van der Waals surface area contributed by atoms with Crippen molar-refractivity contribution in [2.75, 3.05) is 5.32 Å². The molecular formula is C19H22N2O3S. The predicted molar refractivity (Wildman–Crippen MR) is 97.7 cm³/mol. The number of benzene rings is 2. The zero-order valence-corrected chi connectivity index (χ0v) is 15.1. The Balaban J connectivity index is 1.81. The molecule has 6 heteroatoms. The largest absolute Gasteiger partial charge is 0.326 e. The molecule has 5 nitrogen and oxygen atoms in total. The average molecular weight is 358 g/mol. The Hall–Kier alpha value is -2.18. The van der Waals surface area contributed by atoms with Crippen molar-refractivity contribution in [3.8, 4) is 0 Å². The van der Waals surface area contributed by atoms with Gasteiger partial charge in [-0.1, -0.05) is 29.8 Å². The first kappa shape index (κ1) is 17.6. The van der Waals surface area contributed by atoms with Gasteiger partial charge in [-0.05, 0) is 55.5 Å². The molecule has 2 aromatic rings. The summed E-state index contributed by atoms with van der Waals surface area (Å²) in [6.07, 6.45) is 2.06. The van der Waals surface area contributed by atoms with Crippen molar-refractivity contribution in [1.82, 2.24) is 4.72 Å². The van der Waals surface area contributed by atoms with E-state index in [9.17, 15) is 13.2 Å². The molecule has 1 amide bonds. The molecule has 0 aliphatic heterocycles. The molecule has 3 rings (SSSR count). The molecule has 0 aromatic heterocycles. The maximum atomic E-state index is 12.8. The Morgan fingerprint density at radius 3 is 2.16 bits per heavy atom. The van der Waals surface area contributed by atoms with Crippen LogP contribution >= 0.6 is 0 Å². The molecule has 0 spiro atoms. The number of hydrogen-bond acceptors (Lipinski definition) is 3. The summed E-state index contributed by atoms with van der Waals surface area (Å²) in [7, 11) is -3.63. The molecule has 1 aliphatic carbocycles. The van der Waals surface area contributed by atoms with Crippen molar-refractivity contribution in [2.24, 2.45) is 5.92 Å². The molecule has 132 valence electrons. The van der Waals surface area contributed by atoms with Gasteiger partial charge in [0.05, 0.1) is 4.90 Å². The van der Waals surface area contributed by atoms with Crippen LogP contribution in [0.4, 0.5) is 5.69 Å². The van der Waals surface area contributed by atoms with E-state index in [1.54, 1.807) is 12.1 Å². The lowest BCUT2D eigenvalue weighted by atomic mass is 10.0. The smallest absolute Gasteiger partial charge is 0.241 e. The van der Waals surface area contributed by atoms with Crippen molar-refractivity contribution < 1.29 is 13.2 Å². The van der Waals surface area contributed by atoms with E-state index in [2.05, 4.69) is 10.0 Å². The second-order valence-electron chi connectivity index (χ2n) is 6.55. The molecule has 0 heterocycles. The lowest BCUT2D eigenvalue weighted by Gasteiger charge is -2.19. The van der Waals surface area contributed by atoms with Crippen molar-refractivity contribution in [3.63, 3.8) is 0 Å². The lowest BCUT2D eigenvalue weighted by Crippen LogP contribution is -2.30. The molecule has 25 heavy (non-hydrogen) atoms. The van der Waals surface area contributed by atoms with E-state index in [1.807, 2.05) is 31.2 Å². The number of hydrogen-bond donors (Lipinski definition) is 2. The van der Waals surface area contributed by atoms with E-state index in [0.29, 0.717) is 11.6 Å². The van der Waals surface area contributed by atoms with Gasteiger partial charge in [-0.15, -0.1) is 0 Å². The number of sulfonamides is 1. The summed E-state index contributed by atoms with van der Waals surface area (Å²) in [5.41, 5.74) is 2.71. The molecular weight excluding hydrogens is 336 g/mol. The van der Waals surface area contributed by atoms with Crippen LogP contribution in [0, 0.1) is 12.8 Å². The number of anilines is 1. The van der Waals surface area contributed by atoms with Crippen LogP contribution in [-0.4, -0.2) is 14.3 Å². The Bertz CT molecular complexity index is 855. The summed E-state index contributed by atoms with van der Waals surface area (Å²) >= 11 is 0. The maximum Gasteiger partial charge on any atom is 0.241 e. The minimum Gasteiger partial charge on any atom is -0.326 e. The number of aryl methyl sites for hydroxylation is 1. The first-order valence-corrected chi connectivity index (χ1v) is 9.80. The number of carbonyl (C=O) groups excluding carboxylic acids is 1. The summed E-state index contributed by atoms with van der Waals surface area (Å²) < 4.78 is 28.4. The molecule has 1 atom stereocenters. The highest BCUT2D eigenvalue weighted by Crippen LogP contribution is 2.41. The Kier molecular flexibility index (Phi) is 4.92. The van der Waals surface area contributed by atoms with Crippen LogP contribution in [0.1, 0.15) is 36.9 Å². The van der Waals surface area contributed by atoms with Gasteiger partial charge in [0, 0.05) is 18.7 Å². The van der Waals surface area contributed by atoms with E-state index in [1.165, 1.54) is 19.1 Å². The van der Waals surface area contributed by atoms with Crippen LogP contribution in [0.5, 0.6) is 0 Å². The topological polar surface area (TPSA) is 75.3 Å². The lowest BCUT2D eigenvalue weighted by molar-refractivity contribution is -0.114. The predicted octanol–water partition coefficient (Wildman–Crippen LogP) is 3.38. The second-order valence-corrected chi connectivity index (χ2v) is 8.27. The first-order chi connectivity index (χ1) is 11.8. The van der Waals surface area contributed by atoms with E-state index < -0.39 is 10.0 Å².